The molecule has 1 amide bonds. The van der Waals surface area contributed by atoms with Crippen LogP contribution in [0.2, 0.25) is 5.02 Å². The predicted octanol–water partition coefficient (Wildman–Crippen LogP) is 4.41. The van der Waals surface area contributed by atoms with Gasteiger partial charge in [-0.3, -0.25) is 4.79 Å². The van der Waals surface area contributed by atoms with Crippen LogP contribution in [0.1, 0.15) is 11.1 Å². The van der Waals surface area contributed by atoms with Crippen molar-refractivity contribution in [3.63, 3.8) is 0 Å². The minimum absolute atomic E-state index is 0.216. The lowest BCUT2D eigenvalue weighted by Gasteiger charge is -2.09. The van der Waals surface area contributed by atoms with Gasteiger partial charge in [-0.15, -0.1) is 0 Å². The van der Waals surface area contributed by atoms with Crippen LogP contribution in [0.25, 0.3) is 6.08 Å². The summed E-state index contributed by atoms with van der Waals surface area (Å²) in [6.45, 7) is 0. The number of benzene rings is 1. The van der Waals surface area contributed by atoms with Crippen LogP contribution in [-0.4, -0.2) is 10.9 Å². The number of nitrogens with zero attached hydrogens (tertiary/aromatic N) is 1. The van der Waals surface area contributed by atoms with E-state index in [4.69, 9.17) is 11.6 Å². The van der Waals surface area contributed by atoms with Gasteiger partial charge >= 0.3 is 6.18 Å². The molecule has 0 unspecified atom stereocenters. The molecule has 0 aliphatic carbocycles. The summed E-state index contributed by atoms with van der Waals surface area (Å²) in [5.74, 6) is -0.147. The lowest BCUT2D eigenvalue weighted by molar-refractivity contribution is -0.137. The van der Waals surface area contributed by atoms with Crippen LogP contribution in [0, 0.1) is 0 Å². The summed E-state index contributed by atoms with van der Waals surface area (Å²) >= 11 is 5.52. The maximum Gasteiger partial charge on any atom is 0.417 e. The van der Waals surface area contributed by atoms with Gasteiger partial charge in [0.2, 0.25) is 5.91 Å². The zero-order valence-electron chi connectivity index (χ0n) is 11.1. The first-order chi connectivity index (χ1) is 10.4. The standard InChI is InChI=1S/C15H10ClF3N2O/c16-12-6-4-10(9-11(12)15(17,18)19)5-7-14(22)21-13-3-1-2-8-20-13/h1-9H,(H,20,21,22)/b7-5+. The Morgan fingerprint density at radius 1 is 1.23 bits per heavy atom. The van der Waals surface area contributed by atoms with Gasteiger partial charge in [-0.25, -0.2) is 4.98 Å². The molecule has 0 radical (unpaired) electrons. The van der Waals surface area contributed by atoms with Gasteiger partial charge < -0.3 is 5.32 Å². The number of carbonyl (C=O) groups is 1. The summed E-state index contributed by atoms with van der Waals surface area (Å²) in [5.41, 5.74) is -0.727. The van der Waals surface area contributed by atoms with E-state index >= 15 is 0 Å². The first kappa shape index (κ1) is 16.0. The summed E-state index contributed by atoms with van der Waals surface area (Å²) in [7, 11) is 0. The Morgan fingerprint density at radius 3 is 2.64 bits per heavy atom. The van der Waals surface area contributed by atoms with Crippen molar-refractivity contribution in [1.29, 1.82) is 0 Å². The molecular formula is C15H10ClF3N2O. The van der Waals surface area contributed by atoms with Crippen molar-refractivity contribution in [2.45, 2.75) is 6.18 Å². The molecule has 22 heavy (non-hydrogen) atoms. The minimum atomic E-state index is -4.54. The van der Waals surface area contributed by atoms with Crippen molar-refractivity contribution in [3.05, 3.63) is 64.8 Å². The van der Waals surface area contributed by atoms with E-state index in [0.717, 1.165) is 18.2 Å². The third-order valence-electron chi connectivity index (χ3n) is 2.64. The number of alkyl halides is 3. The van der Waals surface area contributed by atoms with Crippen molar-refractivity contribution < 1.29 is 18.0 Å². The zero-order chi connectivity index (χ0) is 16.2. The van der Waals surface area contributed by atoms with Crippen LogP contribution in [0.4, 0.5) is 19.0 Å². The van der Waals surface area contributed by atoms with Crippen molar-refractivity contribution in [3.8, 4) is 0 Å². The molecule has 0 aliphatic heterocycles. The first-order valence-electron chi connectivity index (χ1n) is 6.13. The lowest BCUT2D eigenvalue weighted by atomic mass is 10.1. The van der Waals surface area contributed by atoms with E-state index in [-0.39, 0.29) is 10.6 Å². The van der Waals surface area contributed by atoms with Gasteiger partial charge in [0.25, 0.3) is 0 Å². The fraction of sp³-hybridized carbons (Fsp3) is 0.0667. The minimum Gasteiger partial charge on any atom is -0.307 e. The second-order valence-electron chi connectivity index (χ2n) is 4.27. The van der Waals surface area contributed by atoms with Crippen LogP contribution in [0.3, 0.4) is 0 Å². The van der Waals surface area contributed by atoms with E-state index in [1.165, 1.54) is 18.3 Å². The maximum atomic E-state index is 12.7. The number of rotatable bonds is 3. The summed E-state index contributed by atoms with van der Waals surface area (Å²) in [6, 6.07) is 8.39. The van der Waals surface area contributed by atoms with Crippen molar-refractivity contribution in [2.24, 2.45) is 0 Å². The number of anilines is 1. The van der Waals surface area contributed by atoms with Crippen LogP contribution < -0.4 is 5.32 Å². The van der Waals surface area contributed by atoms with Crippen LogP contribution >= 0.6 is 11.6 Å². The van der Waals surface area contributed by atoms with E-state index < -0.39 is 17.6 Å². The van der Waals surface area contributed by atoms with Crippen LogP contribution in [0.15, 0.2) is 48.7 Å². The smallest absolute Gasteiger partial charge is 0.307 e. The topological polar surface area (TPSA) is 42.0 Å². The third kappa shape index (κ3) is 4.33. The summed E-state index contributed by atoms with van der Waals surface area (Å²) in [4.78, 5) is 15.5. The highest BCUT2D eigenvalue weighted by molar-refractivity contribution is 6.31. The van der Waals surface area contributed by atoms with Crippen LogP contribution in [0.5, 0.6) is 0 Å². The molecule has 0 spiro atoms. The molecule has 0 aliphatic rings. The Kier molecular flexibility index (Phi) is 4.82. The van der Waals surface area contributed by atoms with E-state index in [2.05, 4.69) is 10.3 Å². The second kappa shape index (κ2) is 6.62. The van der Waals surface area contributed by atoms with Gasteiger partial charge in [0.05, 0.1) is 10.6 Å². The fourth-order valence-electron chi connectivity index (χ4n) is 1.64. The molecule has 1 aromatic carbocycles. The van der Waals surface area contributed by atoms with Gasteiger partial charge in [0, 0.05) is 12.3 Å². The molecule has 114 valence electrons. The molecule has 1 aromatic heterocycles. The highest BCUT2D eigenvalue weighted by Crippen LogP contribution is 2.35. The highest BCUT2D eigenvalue weighted by atomic mass is 35.5. The molecular weight excluding hydrogens is 317 g/mol. The fourth-order valence-corrected chi connectivity index (χ4v) is 1.86. The van der Waals surface area contributed by atoms with E-state index in [0.29, 0.717) is 5.82 Å². The number of pyridine rings is 1. The SMILES string of the molecule is O=C(/C=C/c1ccc(Cl)c(C(F)(F)F)c1)Nc1ccccn1. The molecule has 1 N–H and O–H groups in total. The number of amides is 1. The molecule has 7 heteroatoms. The zero-order valence-corrected chi connectivity index (χ0v) is 11.8. The molecule has 3 nitrogen and oxygen atoms in total. The molecule has 1 heterocycles. The van der Waals surface area contributed by atoms with Gasteiger partial charge in [0.1, 0.15) is 5.82 Å². The molecule has 0 saturated carbocycles. The Balaban J connectivity index is 2.12. The third-order valence-corrected chi connectivity index (χ3v) is 2.97. The number of hydrogen-bond acceptors (Lipinski definition) is 2. The number of nitrogens with one attached hydrogen (secondary N) is 1. The summed E-state index contributed by atoms with van der Waals surface area (Å²) in [5, 5.41) is 2.10. The lowest BCUT2D eigenvalue weighted by Crippen LogP contribution is -2.09. The second-order valence-corrected chi connectivity index (χ2v) is 4.68. The summed E-state index contributed by atoms with van der Waals surface area (Å²) in [6.07, 6.45) is -0.646. The first-order valence-corrected chi connectivity index (χ1v) is 6.51. The van der Waals surface area contributed by atoms with Gasteiger partial charge in [-0.1, -0.05) is 23.7 Å². The monoisotopic (exact) mass is 326 g/mol. The average molecular weight is 327 g/mol. The molecule has 2 rings (SSSR count). The Hall–Kier alpha value is -2.34. The Morgan fingerprint density at radius 2 is 2.00 bits per heavy atom. The van der Waals surface area contributed by atoms with Gasteiger partial charge in [0.15, 0.2) is 0 Å². The van der Waals surface area contributed by atoms with Crippen molar-refractivity contribution in [2.75, 3.05) is 5.32 Å². The molecule has 0 bridgehead atoms. The predicted molar refractivity (Wildman–Crippen MR) is 78.4 cm³/mol. The molecule has 0 atom stereocenters. The number of halogens is 4. The van der Waals surface area contributed by atoms with Crippen LogP contribution in [-0.2, 0) is 11.0 Å². The normalized spacial score (nSPS) is 11.6. The quantitative estimate of drug-likeness (QED) is 0.849. The number of carbonyl (C=O) groups excluding carboxylic acids is 1. The number of hydrogen-bond donors (Lipinski definition) is 1. The Bertz CT molecular complexity index is 700. The average Bonchev–Trinajstić information content (AvgIpc) is 2.46. The summed E-state index contributed by atoms with van der Waals surface area (Å²) < 4.78 is 38.2. The van der Waals surface area contributed by atoms with E-state index in [9.17, 15) is 18.0 Å². The molecule has 0 fully saturated rings. The van der Waals surface area contributed by atoms with Crippen molar-refractivity contribution >= 4 is 29.4 Å². The van der Waals surface area contributed by atoms with E-state index in [1.807, 2.05) is 0 Å². The van der Waals surface area contributed by atoms with Gasteiger partial charge in [-0.2, -0.15) is 13.2 Å². The number of aromatic nitrogens is 1. The van der Waals surface area contributed by atoms with E-state index in [1.54, 1.807) is 18.2 Å². The highest BCUT2D eigenvalue weighted by Gasteiger charge is 2.33. The largest absolute Gasteiger partial charge is 0.417 e. The molecule has 2 aromatic rings. The molecule has 0 saturated heterocycles. The van der Waals surface area contributed by atoms with Gasteiger partial charge in [-0.05, 0) is 35.9 Å². The van der Waals surface area contributed by atoms with Crippen molar-refractivity contribution in [1.82, 2.24) is 4.98 Å². The Labute approximate surface area is 129 Å². The maximum absolute atomic E-state index is 12.7.